The van der Waals surface area contributed by atoms with Crippen molar-refractivity contribution in [3.05, 3.63) is 79.7 Å². The van der Waals surface area contributed by atoms with Gasteiger partial charge in [0.15, 0.2) is 5.16 Å². The summed E-state index contributed by atoms with van der Waals surface area (Å²) in [5.41, 5.74) is 4.30. The van der Waals surface area contributed by atoms with E-state index in [0.717, 1.165) is 46.3 Å². The Bertz CT molecular complexity index is 1260. The summed E-state index contributed by atoms with van der Waals surface area (Å²) < 4.78 is 1.76. The van der Waals surface area contributed by atoms with Crippen molar-refractivity contribution in [1.82, 2.24) is 14.5 Å². The molecule has 1 aliphatic carbocycles. The molecule has 146 valence electrons. The number of pyridine rings is 1. The predicted octanol–water partition coefficient (Wildman–Crippen LogP) is 5.59. The van der Waals surface area contributed by atoms with Crippen LogP contribution < -0.4 is 5.56 Å². The molecule has 3 heterocycles. The molecule has 5 rings (SSSR count). The Hall–Kier alpha value is -2.15. The smallest absolute Gasteiger partial charge is 0.267 e. The maximum Gasteiger partial charge on any atom is 0.267 e. The normalized spacial score (nSPS) is 13.2. The van der Waals surface area contributed by atoms with E-state index in [2.05, 4.69) is 4.98 Å². The molecule has 4 aromatic rings. The standard InChI is InChI=1S/C22H18ClN3OS2/c1-13-5-8-15(9-6-13)26-21(27)19-16-3-2-4-17(16)29-20(19)25-22(26)28-12-14-7-10-18(23)24-11-14/h5-11H,2-4,12H2,1H3. The average molecular weight is 440 g/mol. The highest BCUT2D eigenvalue weighted by molar-refractivity contribution is 7.98. The van der Waals surface area contributed by atoms with E-state index in [0.29, 0.717) is 16.1 Å². The van der Waals surface area contributed by atoms with Crippen LogP contribution in [-0.2, 0) is 18.6 Å². The van der Waals surface area contributed by atoms with E-state index >= 15 is 0 Å². The quantitative estimate of drug-likeness (QED) is 0.236. The average Bonchev–Trinajstić information content (AvgIpc) is 3.29. The summed E-state index contributed by atoms with van der Waals surface area (Å²) in [6.45, 7) is 2.04. The molecule has 1 aliphatic rings. The molecular formula is C22H18ClN3OS2. The van der Waals surface area contributed by atoms with Crippen molar-refractivity contribution in [3.8, 4) is 5.69 Å². The number of aromatic nitrogens is 3. The Morgan fingerprint density at radius 3 is 2.76 bits per heavy atom. The lowest BCUT2D eigenvalue weighted by atomic mass is 10.2. The number of hydrogen-bond acceptors (Lipinski definition) is 5. The molecule has 0 aliphatic heterocycles. The van der Waals surface area contributed by atoms with E-state index in [1.807, 2.05) is 37.3 Å². The molecule has 3 aromatic heterocycles. The number of thiophene rings is 1. The fourth-order valence-corrected chi connectivity index (χ4v) is 6.04. The van der Waals surface area contributed by atoms with Gasteiger partial charge in [-0.3, -0.25) is 9.36 Å². The van der Waals surface area contributed by atoms with Gasteiger partial charge >= 0.3 is 0 Å². The molecule has 0 spiro atoms. The van der Waals surface area contributed by atoms with E-state index in [-0.39, 0.29) is 5.56 Å². The zero-order valence-electron chi connectivity index (χ0n) is 15.8. The van der Waals surface area contributed by atoms with Gasteiger partial charge in [-0.2, -0.15) is 0 Å². The van der Waals surface area contributed by atoms with Gasteiger partial charge in [-0.25, -0.2) is 9.97 Å². The lowest BCUT2D eigenvalue weighted by molar-refractivity contribution is 0.819. The third-order valence-electron chi connectivity index (χ3n) is 5.16. The van der Waals surface area contributed by atoms with E-state index in [1.54, 1.807) is 39.9 Å². The van der Waals surface area contributed by atoms with Crippen LogP contribution in [0, 0.1) is 6.92 Å². The number of halogens is 1. The second-order valence-corrected chi connectivity index (χ2v) is 9.60. The topological polar surface area (TPSA) is 47.8 Å². The molecule has 0 radical (unpaired) electrons. The highest BCUT2D eigenvalue weighted by Gasteiger charge is 2.23. The first-order chi connectivity index (χ1) is 14.1. The lowest BCUT2D eigenvalue weighted by Gasteiger charge is -2.13. The van der Waals surface area contributed by atoms with Crippen molar-refractivity contribution in [2.24, 2.45) is 0 Å². The summed E-state index contributed by atoms with van der Waals surface area (Å²) in [5, 5.41) is 1.99. The van der Waals surface area contributed by atoms with Gasteiger partial charge < -0.3 is 0 Å². The van der Waals surface area contributed by atoms with Crippen molar-refractivity contribution >= 4 is 44.9 Å². The molecule has 0 atom stereocenters. The van der Waals surface area contributed by atoms with Crippen LogP contribution in [-0.4, -0.2) is 14.5 Å². The minimum atomic E-state index is 0.0370. The van der Waals surface area contributed by atoms with Crippen LogP contribution in [0.3, 0.4) is 0 Å². The van der Waals surface area contributed by atoms with Crippen LogP contribution in [0.15, 0.2) is 52.5 Å². The first-order valence-electron chi connectivity index (χ1n) is 9.48. The van der Waals surface area contributed by atoms with Gasteiger partial charge in [0.2, 0.25) is 0 Å². The van der Waals surface area contributed by atoms with Crippen LogP contribution in [0.25, 0.3) is 15.9 Å². The molecule has 0 unspecified atom stereocenters. The van der Waals surface area contributed by atoms with Crippen molar-refractivity contribution in [3.63, 3.8) is 0 Å². The van der Waals surface area contributed by atoms with Crippen molar-refractivity contribution < 1.29 is 0 Å². The molecule has 0 saturated carbocycles. The maximum atomic E-state index is 13.6. The largest absolute Gasteiger partial charge is 0.268 e. The van der Waals surface area contributed by atoms with E-state index < -0.39 is 0 Å². The number of hydrogen-bond donors (Lipinski definition) is 0. The van der Waals surface area contributed by atoms with Gasteiger partial charge in [0.25, 0.3) is 5.56 Å². The summed E-state index contributed by atoms with van der Waals surface area (Å²) in [6.07, 6.45) is 4.92. The van der Waals surface area contributed by atoms with Gasteiger partial charge in [-0.15, -0.1) is 11.3 Å². The molecule has 29 heavy (non-hydrogen) atoms. The minimum absolute atomic E-state index is 0.0370. The maximum absolute atomic E-state index is 13.6. The van der Waals surface area contributed by atoms with Crippen molar-refractivity contribution in [1.29, 1.82) is 0 Å². The zero-order chi connectivity index (χ0) is 20.0. The monoisotopic (exact) mass is 439 g/mol. The number of aryl methyl sites for hydroxylation is 3. The summed E-state index contributed by atoms with van der Waals surface area (Å²) >= 11 is 9.12. The summed E-state index contributed by atoms with van der Waals surface area (Å²) in [5.74, 6) is 0.666. The van der Waals surface area contributed by atoms with Gasteiger partial charge in [0, 0.05) is 16.8 Å². The fourth-order valence-electron chi connectivity index (χ4n) is 3.68. The summed E-state index contributed by atoms with van der Waals surface area (Å²) in [6, 6.07) is 11.8. The minimum Gasteiger partial charge on any atom is -0.268 e. The Morgan fingerprint density at radius 2 is 2.00 bits per heavy atom. The summed E-state index contributed by atoms with van der Waals surface area (Å²) in [7, 11) is 0. The SMILES string of the molecule is Cc1ccc(-n2c(SCc3ccc(Cl)nc3)nc3sc4c(c3c2=O)CCC4)cc1. The third kappa shape index (κ3) is 3.50. The van der Waals surface area contributed by atoms with Crippen molar-refractivity contribution in [2.75, 3.05) is 0 Å². The Morgan fingerprint density at radius 1 is 1.17 bits per heavy atom. The van der Waals surface area contributed by atoms with Crippen LogP contribution >= 0.6 is 34.7 Å². The Labute approximate surface area is 181 Å². The number of rotatable bonds is 4. The third-order valence-corrected chi connectivity index (χ3v) is 7.58. The van der Waals surface area contributed by atoms with Gasteiger partial charge in [-0.05, 0) is 55.5 Å². The molecule has 0 amide bonds. The highest BCUT2D eigenvalue weighted by atomic mass is 35.5. The zero-order valence-corrected chi connectivity index (χ0v) is 18.2. The molecule has 0 N–H and O–H groups in total. The Balaban J connectivity index is 1.64. The molecule has 0 bridgehead atoms. The van der Waals surface area contributed by atoms with Gasteiger partial charge in [0.05, 0.1) is 11.1 Å². The van der Waals surface area contributed by atoms with Crippen LogP contribution in [0.1, 0.15) is 28.0 Å². The molecule has 4 nitrogen and oxygen atoms in total. The van der Waals surface area contributed by atoms with Gasteiger partial charge in [-0.1, -0.05) is 47.1 Å². The molecular weight excluding hydrogens is 422 g/mol. The lowest BCUT2D eigenvalue weighted by Crippen LogP contribution is -2.21. The number of nitrogens with zero attached hydrogens (tertiary/aromatic N) is 3. The number of fused-ring (bicyclic) bond motifs is 3. The number of benzene rings is 1. The number of thioether (sulfide) groups is 1. The van der Waals surface area contributed by atoms with E-state index in [4.69, 9.17) is 16.6 Å². The van der Waals surface area contributed by atoms with Crippen LogP contribution in [0.5, 0.6) is 0 Å². The second-order valence-electron chi connectivity index (χ2n) is 7.19. The highest BCUT2D eigenvalue weighted by Crippen LogP contribution is 2.36. The predicted molar refractivity (Wildman–Crippen MR) is 121 cm³/mol. The molecule has 7 heteroatoms. The van der Waals surface area contributed by atoms with Gasteiger partial charge in [0.1, 0.15) is 9.98 Å². The van der Waals surface area contributed by atoms with Crippen LogP contribution in [0.4, 0.5) is 0 Å². The van der Waals surface area contributed by atoms with Crippen molar-refractivity contribution in [2.45, 2.75) is 37.1 Å². The molecule has 0 fully saturated rings. The second kappa shape index (κ2) is 7.59. The first kappa shape index (κ1) is 18.9. The summed E-state index contributed by atoms with van der Waals surface area (Å²) in [4.78, 5) is 24.9. The fraction of sp³-hybridized carbons (Fsp3) is 0.227. The Kier molecular flexibility index (Phi) is 4.94. The van der Waals surface area contributed by atoms with E-state index in [1.165, 1.54) is 10.4 Å². The molecule has 1 aromatic carbocycles. The molecule has 0 saturated heterocycles. The van der Waals surface area contributed by atoms with Crippen LogP contribution in [0.2, 0.25) is 5.15 Å². The van der Waals surface area contributed by atoms with E-state index in [9.17, 15) is 4.79 Å². The first-order valence-corrected chi connectivity index (χ1v) is 11.7.